The Balaban J connectivity index is 2.93. The van der Waals surface area contributed by atoms with Gasteiger partial charge in [-0.1, -0.05) is 27.7 Å². The molecule has 2 amide bonds. The summed E-state index contributed by atoms with van der Waals surface area (Å²) in [5.74, 6) is -1.54. The summed E-state index contributed by atoms with van der Waals surface area (Å²) in [7, 11) is -0.529. The average molecular weight is 472 g/mol. The van der Waals surface area contributed by atoms with E-state index < -0.39 is 33.8 Å². The molecule has 0 fully saturated rings. The minimum Gasteiger partial charge on any atom is -0.347 e. The summed E-state index contributed by atoms with van der Waals surface area (Å²) >= 11 is 0. The fraction of sp³-hybridized carbons (Fsp3) is 0.571. The first-order chi connectivity index (χ1) is 14.8. The van der Waals surface area contributed by atoms with Crippen molar-refractivity contribution in [3.8, 4) is 0 Å². The molecule has 0 spiro atoms. The number of hydrogen-bond donors (Lipinski definition) is 3. The number of hydrazone groups is 1. The van der Waals surface area contributed by atoms with Crippen LogP contribution in [0.2, 0.25) is 0 Å². The number of hydrogen-bond acceptors (Lipinski definition) is 6. The van der Waals surface area contributed by atoms with Crippen LogP contribution in [-0.2, 0) is 19.6 Å². The van der Waals surface area contributed by atoms with E-state index in [1.54, 1.807) is 32.8 Å². The lowest BCUT2D eigenvalue weighted by atomic mass is 10.0. The maximum absolute atomic E-state index is 13.1. The molecule has 1 aromatic rings. The Hall–Kier alpha value is -2.37. The molecule has 1 unspecified atom stereocenters. The minimum atomic E-state index is -4.04. The number of sulfonamides is 1. The Morgan fingerprint density at radius 1 is 1.12 bits per heavy atom. The van der Waals surface area contributed by atoms with Crippen LogP contribution in [0.1, 0.15) is 34.1 Å². The van der Waals surface area contributed by atoms with Crippen LogP contribution in [0, 0.1) is 17.7 Å². The Labute approximate surface area is 189 Å². The number of halogens is 1. The van der Waals surface area contributed by atoms with E-state index in [4.69, 9.17) is 0 Å². The molecule has 1 rings (SSSR count). The number of carbonyl (C=O) groups is 2. The van der Waals surface area contributed by atoms with Gasteiger partial charge < -0.3 is 10.2 Å². The lowest BCUT2D eigenvalue weighted by Gasteiger charge is -2.24. The highest BCUT2D eigenvalue weighted by molar-refractivity contribution is 7.89. The topological polar surface area (TPSA) is 120 Å². The van der Waals surface area contributed by atoms with Gasteiger partial charge in [0, 0.05) is 6.21 Å². The van der Waals surface area contributed by atoms with Crippen molar-refractivity contribution < 1.29 is 22.4 Å². The monoisotopic (exact) mass is 471 g/mol. The van der Waals surface area contributed by atoms with E-state index in [1.807, 2.05) is 13.8 Å². The van der Waals surface area contributed by atoms with Crippen molar-refractivity contribution in [2.45, 2.75) is 51.1 Å². The van der Waals surface area contributed by atoms with Gasteiger partial charge in [-0.25, -0.2) is 18.2 Å². The number of rotatable bonds is 12. The van der Waals surface area contributed by atoms with Crippen molar-refractivity contribution in [1.82, 2.24) is 20.4 Å². The van der Waals surface area contributed by atoms with Crippen LogP contribution in [0.4, 0.5) is 4.39 Å². The summed E-state index contributed by atoms with van der Waals surface area (Å²) in [5.41, 5.74) is 2.40. The Bertz CT molecular complexity index is 886. The second-order valence-electron chi connectivity index (χ2n) is 8.59. The summed E-state index contributed by atoms with van der Waals surface area (Å²) in [5, 5.41) is 6.72. The standard InChI is InChI=1S/C21H34FN5O4S/c1-14(2)11-17(12-23-25-19(28)13-27(5)6)24-21(29)20(15(3)4)26-32(30,31)18-9-7-16(22)8-10-18/h7-10,12,14-15,17,20,26H,11,13H2,1-6H3,(H,24,29)(H,25,28)/b23-12+/t17-,20?/m0/s1. The predicted molar refractivity (Wildman–Crippen MR) is 122 cm³/mol. The maximum atomic E-state index is 13.1. The van der Waals surface area contributed by atoms with Crippen LogP contribution in [-0.4, -0.2) is 64.1 Å². The first kappa shape index (κ1) is 27.7. The summed E-state index contributed by atoms with van der Waals surface area (Å²) < 4.78 is 40.9. The van der Waals surface area contributed by atoms with Crippen LogP contribution >= 0.6 is 0 Å². The maximum Gasteiger partial charge on any atom is 0.254 e. The molecule has 0 aliphatic carbocycles. The fourth-order valence-electron chi connectivity index (χ4n) is 2.80. The molecular formula is C21H34FN5O4S. The highest BCUT2D eigenvalue weighted by atomic mass is 32.2. The van der Waals surface area contributed by atoms with E-state index >= 15 is 0 Å². The van der Waals surface area contributed by atoms with Gasteiger partial charge in [0.1, 0.15) is 11.9 Å². The number of likely N-dealkylation sites (N-methyl/N-ethyl adjacent to an activating group) is 1. The Morgan fingerprint density at radius 2 is 1.72 bits per heavy atom. The third kappa shape index (κ3) is 9.84. The molecule has 3 N–H and O–H groups in total. The van der Waals surface area contributed by atoms with Gasteiger partial charge in [-0.05, 0) is 56.6 Å². The van der Waals surface area contributed by atoms with Crippen molar-refractivity contribution >= 4 is 28.1 Å². The largest absolute Gasteiger partial charge is 0.347 e. The molecule has 180 valence electrons. The summed E-state index contributed by atoms with van der Waals surface area (Å²) in [6.45, 7) is 7.53. The first-order valence-electron chi connectivity index (χ1n) is 10.4. The van der Waals surface area contributed by atoms with Crippen LogP contribution in [0.15, 0.2) is 34.3 Å². The number of carbonyl (C=O) groups excluding carboxylic acids is 2. The molecule has 0 bridgehead atoms. The third-order valence-electron chi connectivity index (χ3n) is 4.31. The molecule has 0 aliphatic heterocycles. The number of nitrogens with zero attached hydrogens (tertiary/aromatic N) is 2. The van der Waals surface area contributed by atoms with Crippen LogP contribution in [0.3, 0.4) is 0 Å². The van der Waals surface area contributed by atoms with Crippen molar-refractivity contribution in [1.29, 1.82) is 0 Å². The third-order valence-corrected chi connectivity index (χ3v) is 5.77. The van der Waals surface area contributed by atoms with Crippen LogP contribution < -0.4 is 15.5 Å². The normalized spacial score (nSPS) is 14.2. The van der Waals surface area contributed by atoms with E-state index in [-0.39, 0.29) is 29.2 Å². The SMILES string of the molecule is CC(C)C[C@@H](/C=N/NC(=O)CN(C)C)NC(=O)C(NS(=O)(=O)c1ccc(F)cc1)C(C)C. The van der Waals surface area contributed by atoms with E-state index in [2.05, 4.69) is 20.6 Å². The van der Waals surface area contributed by atoms with Gasteiger partial charge in [-0.15, -0.1) is 0 Å². The Kier molecular flexibility index (Phi) is 10.9. The van der Waals surface area contributed by atoms with E-state index in [0.717, 1.165) is 24.3 Å². The summed E-state index contributed by atoms with van der Waals surface area (Å²) in [6.07, 6.45) is 1.96. The zero-order valence-corrected chi connectivity index (χ0v) is 20.2. The summed E-state index contributed by atoms with van der Waals surface area (Å²) in [6, 6.07) is 2.78. The molecule has 1 aromatic carbocycles. The van der Waals surface area contributed by atoms with Gasteiger partial charge in [0.05, 0.1) is 17.5 Å². The van der Waals surface area contributed by atoms with Gasteiger partial charge in [0.15, 0.2) is 0 Å². The Morgan fingerprint density at radius 3 is 2.22 bits per heavy atom. The predicted octanol–water partition coefficient (Wildman–Crippen LogP) is 1.32. The lowest BCUT2D eigenvalue weighted by molar-refractivity contribution is -0.124. The van der Waals surface area contributed by atoms with Crippen molar-refractivity contribution in [2.75, 3.05) is 20.6 Å². The smallest absolute Gasteiger partial charge is 0.254 e. The molecule has 0 saturated heterocycles. The van der Waals surface area contributed by atoms with Gasteiger partial charge in [0.25, 0.3) is 5.91 Å². The highest BCUT2D eigenvalue weighted by Crippen LogP contribution is 2.13. The quantitative estimate of drug-likeness (QED) is 0.314. The minimum absolute atomic E-state index is 0.138. The van der Waals surface area contributed by atoms with Crippen LogP contribution in [0.5, 0.6) is 0 Å². The zero-order chi connectivity index (χ0) is 24.5. The molecule has 0 heterocycles. The average Bonchev–Trinajstić information content (AvgIpc) is 2.65. The summed E-state index contributed by atoms with van der Waals surface area (Å²) in [4.78, 5) is 26.2. The van der Waals surface area contributed by atoms with Crippen LogP contribution in [0.25, 0.3) is 0 Å². The number of nitrogens with one attached hydrogen (secondary N) is 3. The fourth-order valence-corrected chi connectivity index (χ4v) is 4.14. The molecule has 0 saturated carbocycles. The molecule has 0 radical (unpaired) electrons. The molecule has 9 nitrogen and oxygen atoms in total. The van der Waals surface area contributed by atoms with Crippen molar-refractivity contribution in [2.24, 2.45) is 16.9 Å². The van der Waals surface area contributed by atoms with Gasteiger partial charge in [-0.3, -0.25) is 9.59 Å². The number of amides is 2. The lowest BCUT2D eigenvalue weighted by Crippen LogP contribution is -2.52. The zero-order valence-electron chi connectivity index (χ0n) is 19.4. The molecule has 0 aliphatic rings. The van der Waals surface area contributed by atoms with Crippen molar-refractivity contribution in [3.63, 3.8) is 0 Å². The highest BCUT2D eigenvalue weighted by Gasteiger charge is 2.29. The molecule has 32 heavy (non-hydrogen) atoms. The molecule has 0 aromatic heterocycles. The van der Waals surface area contributed by atoms with Crippen molar-refractivity contribution in [3.05, 3.63) is 30.1 Å². The second kappa shape index (κ2) is 12.6. The molecular weight excluding hydrogens is 437 g/mol. The first-order valence-corrected chi connectivity index (χ1v) is 11.8. The van der Waals surface area contributed by atoms with E-state index in [1.165, 1.54) is 6.21 Å². The van der Waals surface area contributed by atoms with E-state index in [9.17, 15) is 22.4 Å². The van der Waals surface area contributed by atoms with Gasteiger partial charge >= 0.3 is 0 Å². The van der Waals surface area contributed by atoms with Gasteiger partial charge in [-0.2, -0.15) is 9.82 Å². The molecule has 11 heteroatoms. The second-order valence-corrected chi connectivity index (χ2v) is 10.3. The molecule has 2 atom stereocenters. The van der Waals surface area contributed by atoms with Gasteiger partial charge in [0.2, 0.25) is 15.9 Å². The number of benzene rings is 1. The van der Waals surface area contributed by atoms with E-state index in [0.29, 0.717) is 6.42 Å².